The first-order chi connectivity index (χ1) is 8.25. The van der Waals surface area contributed by atoms with Crippen molar-refractivity contribution >= 4 is 33.7 Å². The molecule has 0 bridgehead atoms. The Labute approximate surface area is 108 Å². The predicted molar refractivity (Wildman–Crippen MR) is 60.3 cm³/mol. The van der Waals surface area contributed by atoms with Crippen molar-refractivity contribution in [3.63, 3.8) is 0 Å². The molecule has 18 heavy (non-hydrogen) atoms. The molecule has 0 atom stereocenters. The summed E-state index contributed by atoms with van der Waals surface area (Å²) in [6.07, 6.45) is -1.93. The lowest BCUT2D eigenvalue weighted by Gasteiger charge is -2.16. The average Bonchev–Trinajstić information content (AvgIpc) is 2.25. The van der Waals surface area contributed by atoms with Gasteiger partial charge in [0, 0.05) is 11.9 Å². The van der Waals surface area contributed by atoms with E-state index in [1.54, 1.807) is 0 Å². The number of carbonyl (C=O) groups excluding carboxylic acids is 1. The van der Waals surface area contributed by atoms with E-state index < -0.39 is 26.6 Å². The quantitative estimate of drug-likeness (QED) is 0.829. The zero-order chi connectivity index (χ0) is 13.9. The number of hydroxylamine groups is 1. The summed E-state index contributed by atoms with van der Waals surface area (Å²) in [7, 11) is -4.48. The lowest BCUT2D eigenvalue weighted by atomic mass is 10.4. The number of sulfonamides is 1. The molecule has 0 saturated carbocycles. The van der Waals surface area contributed by atoms with Gasteiger partial charge in [0.15, 0.2) is 0 Å². The molecule has 9 heteroatoms. The fourth-order valence-electron chi connectivity index (χ4n) is 1.01. The molecule has 0 radical (unpaired) electrons. The van der Waals surface area contributed by atoms with E-state index in [4.69, 9.17) is 16.7 Å². The summed E-state index contributed by atoms with van der Waals surface area (Å²) < 4.78 is 23.3. The van der Waals surface area contributed by atoms with E-state index in [0.717, 1.165) is 19.1 Å². The van der Waals surface area contributed by atoms with Crippen LogP contribution in [0.5, 0.6) is 0 Å². The van der Waals surface area contributed by atoms with Gasteiger partial charge in [-0.25, -0.2) is 9.59 Å². The molecule has 0 aromatic heterocycles. The van der Waals surface area contributed by atoms with Crippen molar-refractivity contribution in [2.24, 2.45) is 0 Å². The van der Waals surface area contributed by atoms with Crippen molar-refractivity contribution in [1.29, 1.82) is 0 Å². The number of carbonyl (C=O) groups is 2. The van der Waals surface area contributed by atoms with Crippen molar-refractivity contribution < 1.29 is 28.0 Å². The molecule has 1 aromatic rings. The molecule has 0 aliphatic carbocycles. The highest BCUT2D eigenvalue weighted by Crippen LogP contribution is 2.19. The minimum absolute atomic E-state index is 0.281. The van der Waals surface area contributed by atoms with Gasteiger partial charge in [0.2, 0.25) is 0 Å². The van der Waals surface area contributed by atoms with Gasteiger partial charge in [0.1, 0.15) is 0 Å². The van der Waals surface area contributed by atoms with Crippen molar-refractivity contribution in [1.82, 2.24) is 4.47 Å². The third-order valence-electron chi connectivity index (χ3n) is 1.70. The Bertz CT molecular complexity index is 567. The molecule has 1 aromatic carbocycles. The van der Waals surface area contributed by atoms with Crippen LogP contribution in [-0.4, -0.2) is 30.1 Å². The molecule has 98 valence electrons. The van der Waals surface area contributed by atoms with Crippen LogP contribution in [0.2, 0.25) is 5.02 Å². The Morgan fingerprint density at radius 2 is 1.78 bits per heavy atom. The third-order valence-corrected chi connectivity index (χ3v) is 3.48. The highest BCUT2D eigenvalue weighted by atomic mass is 35.5. The van der Waals surface area contributed by atoms with Gasteiger partial charge in [-0.2, -0.15) is 8.42 Å². The number of hydrogen-bond acceptors (Lipinski definition) is 5. The van der Waals surface area contributed by atoms with Crippen LogP contribution in [0, 0.1) is 0 Å². The number of carboxylic acid groups (broad SMARTS) is 1. The largest absolute Gasteiger partial charge is 0.462 e. The van der Waals surface area contributed by atoms with Crippen LogP contribution < -0.4 is 0 Å². The van der Waals surface area contributed by atoms with Crippen LogP contribution in [0.4, 0.5) is 4.79 Å². The Morgan fingerprint density at radius 1 is 1.28 bits per heavy atom. The highest BCUT2D eigenvalue weighted by molar-refractivity contribution is 7.89. The number of rotatable bonds is 2. The Kier molecular flexibility index (Phi) is 4.15. The van der Waals surface area contributed by atoms with Gasteiger partial charge in [-0.1, -0.05) is 11.6 Å². The fourth-order valence-corrected chi connectivity index (χ4v) is 2.22. The summed E-state index contributed by atoms with van der Waals surface area (Å²) in [5, 5.41) is 9.00. The average molecular weight is 294 g/mol. The first-order valence-corrected chi connectivity index (χ1v) is 6.29. The molecule has 1 N–H and O–H groups in total. The van der Waals surface area contributed by atoms with E-state index in [-0.39, 0.29) is 9.92 Å². The van der Waals surface area contributed by atoms with E-state index in [9.17, 15) is 18.0 Å². The van der Waals surface area contributed by atoms with Crippen LogP contribution in [0.15, 0.2) is 29.2 Å². The molecule has 0 saturated heterocycles. The Balaban J connectivity index is 3.21. The van der Waals surface area contributed by atoms with Crippen molar-refractivity contribution in [3.05, 3.63) is 29.3 Å². The van der Waals surface area contributed by atoms with Crippen LogP contribution in [0.3, 0.4) is 0 Å². The number of halogens is 1. The summed E-state index contributed by atoms with van der Waals surface area (Å²) in [6.45, 7) is 0.882. The van der Waals surface area contributed by atoms with Gasteiger partial charge < -0.3 is 9.94 Å². The van der Waals surface area contributed by atoms with Crippen molar-refractivity contribution in [2.45, 2.75) is 11.8 Å². The molecule has 7 nitrogen and oxygen atoms in total. The highest BCUT2D eigenvalue weighted by Gasteiger charge is 2.32. The Morgan fingerprint density at radius 3 is 2.17 bits per heavy atom. The minimum Gasteiger partial charge on any atom is -0.462 e. The monoisotopic (exact) mass is 293 g/mol. The zero-order valence-corrected chi connectivity index (χ0v) is 10.6. The SMILES string of the molecule is CC(=O)ON(C(=O)O)S(=O)(=O)c1ccc(Cl)cc1. The molecular formula is C9H8ClNO6S. The van der Waals surface area contributed by atoms with Gasteiger partial charge in [-0.3, -0.25) is 0 Å². The molecular weight excluding hydrogens is 286 g/mol. The third kappa shape index (κ3) is 3.11. The molecule has 0 aliphatic rings. The van der Waals surface area contributed by atoms with Crippen molar-refractivity contribution in [2.75, 3.05) is 0 Å². The maximum Gasteiger partial charge on any atom is 0.456 e. The topological polar surface area (TPSA) is 101 Å². The number of hydrogen-bond donors (Lipinski definition) is 1. The molecule has 0 fully saturated rings. The smallest absolute Gasteiger partial charge is 0.456 e. The van der Waals surface area contributed by atoms with E-state index in [1.165, 1.54) is 12.1 Å². The fraction of sp³-hybridized carbons (Fsp3) is 0.111. The summed E-state index contributed by atoms with van der Waals surface area (Å²) >= 11 is 5.58. The number of amides is 1. The second-order valence-electron chi connectivity index (χ2n) is 3.05. The maximum absolute atomic E-state index is 11.8. The van der Waals surface area contributed by atoms with Gasteiger partial charge in [-0.15, -0.1) is 0 Å². The van der Waals surface area contributed by atoms with Gasteiger partial charge in [0.05, 0.1) is 4.90 Å². The molecule has 0 heterocycles. The lowest BCUT2D eigenvalue weighted by molar-refractivity contribution is -0.161. The van der Waals surface area contributed by atoms with Crippen LogP contribution in [0.25, 0.3) is 0 Å². The summed E-state index contributed by atoms with van der Waals surface area (Å²) in [4.78, 5) is 25.2. The van der Waals surface area contributed by atoms with Gasteiger partial charge in [-0.05, 0) is 28.7 Å². The van der Waals surface area contributed by atoms with E-state index in [1.807, 2.05) is 0 Å². The second-order valence-corrected chi connectivity index (χ2v) is 5.24. The minimum atomic E-state index is -4.48. The summed E-state index contributed by atoms with van der Waals surface area (Å²) in [5.41, 5.74) is 0. The maximum atomic E-state index is 11.8. The first-order valence-electron chi connectivity index (χ1n) is 4.47. The molecule has 1 rings (SSSR count). The predicted octanol–water partition coefficient (Wildman–Crippen LogP) is 1.49. The first kappa shape index (κ1) is 14.3. The second kappa shape index (κ2) is 5.23. The van der Waals surface area contributed by atoms with Crippen LogP contribution in [-0.2, 0) is 19.7 Å². The number of nitrogens with zero attached hydrogens (tertiary/aromatic N) is 1. The van der Waals surface area contributed by atoms with Crippen LogP contribution in [0.1, 0.15) is 6.92 Å². The normalized spacial score (nSPS) is 10.8. The van der Waals surface area contributed by atoms with E-state index >= 15 is 0 Å². The molecule has 0 aliphatic heterocycles. The van der Waals surface area contributed by atoms with Gasteiger partial charge in [0.25, 0.3) is 0 Å². The zero-order valence-electron chi connectivity index (χ0n) is 9.03. The van der Waals surface area contributed by atoms with E-state index in [0.29, 0.717) is 0 Å². The molecule has 0 unspecified atom stereocenters. The van der Waals surface area contributed by atoms with E-state index in [2.05, 4.69) is 4.84 Å². The lowest BCUT2D eigenvalue weighted by Crippen LogP contribution is -2.37. The van der Waals surface area contributed by atoms with Crippen LogP contribution >= 0.6 is 11.6 Å². The van der Waals surface area contributed by atoms with Crippen molar-refractivity contribution in [3.8, 4) is 0 Å². The van der Waals surface area contributed by atoms with Gasteiger partial charge >= 0.3 is 22.1 Å². The summed E-state index contributed by atoms with van der Waals surface area (Å²) in [5.74, 6) is -1.07. The number of benzene rings is 1. The molecule has 0 spiro atoms. The molecule has 1 amide bonds. The standard InChI is InChI=1S/C9H8ClNO6S/c1-6(12)17-11(9(13)14)18(15,16)8-4-2-7(10)3-5-8/h2-5H,1H3,(H,13,14). The summed E-state index contributed by atoms with van der Waals surface area (Å²) in [6, 6.07) is 4.72. The Hall–Kier alpha value is -1.80.